The summed E-state index contributed by atoms with van der Waals surface area (Å²) < 4.78 is 0. The van der Waals surface area contributed by atoms with E-state index in [0.29, 0.717) is 6.54 Å². The van der Waals surface area contributed by atoms with Crippen LogP contribution in [0.4, 0.5) is 5.69 Å². The highest BCUT2D eigenvalue weighted by atomic mass is 35.5. The lowest BCUT2D eigenvalue weighted by Crippen LogP contribution is -2.31. The van der Waals surface area contributed by atoms with Crippen molar-refractivity contribution in [2.45, 2.75) is 6.92 Å². The molecule has 1 aromatic heterocycles. The van der Waals surface area contributed by atoms with Crippen LogP contribution in [0.5, 0.6) is 0 Å². The third kappa shape index (κ3) is 2.65. The van der Waals surface area contributed by atoms with Crippen LogP contribution < -0.4 is 4.90 Å². The van der Waals surface area contributed by atoms with Crippen LogP contribution in [0.3, 0.4) is 0 Å². The summed E-state index contributed by atoms with van der Waals surface area (Å²) in [4.78, 5) is 13.9. The van der Waals surface area contributed by atoms with Crippen molar-refractivity contribution in [3.63, 3.8) is 0 Å². The molecule has 0 spiro atoms. The molecule has 0 aliphatic heterocycles. The van der Waals surface area contributed by atoms with E-state index in [-0.39, 0.29) is 16.8 Å². The molecule has 0 unspecified atom stereocenters. The molecule has 0 bridgehead atoms. The Kier molecular flexibility index (Phi) is 3.89. The molecule has 0 N–H and O–H groups in total. The molecular formula is C13H12ClN3O. The van der Waals surface area contributed by atoms with Crippen LogP contribution in [0.1, 0.15) is 17.4 Å². The molecule has 18 heavy (non-hydrogen) atoms. The normalized spacial score (nSPS) is 10.1. The lowest BCUT2D eigenvalue weighted by atomic mass is 10.2. The Hall–Kier alpha value is -1.94. The van der Waals surface area contributed by atoms with Gasteiger partial charge in [0.05, 0.1) is 0 Å². The predicted molar refractivity (Wildman–Crippen MR) is 70.8 cm³/mol. The summed E-state index contributed by atoms with van der Waals surface area (Å²) in [5.74, 6) is -0.187. The van der Waals surface area contributed by atoms with Crippen LogP contribution in [0, 0.1) is 0 Å². The summed E-state index contributed by atoms with van der Waals surface area (Å²) in [5, 5.41) is 7.75. The van der Waals surface area contributed by atoms with Crippen molar-refractivity contribution in [3.05, 3.63) is 53.3 Å². The molecule has 0 aliphatic rings. The lowest BCUT2D eigenvalue weighted by molar-refractivity contribution is 0.0982. The number of nitrogens with zero attached hydrogens (tertiary/aromatic N) is 3. The average Bonchev–Trinajstić information content (AvgIpc) is 2.41. The fraction of sp³-hybridized carbons (Fsp3) is 0.154. The topological polar surface area (TPSA) is 46.1 Å². The number of amides is 1. The molecule has 0 fully saturated rings. The second kappa shape index (κ2) is 5.60. The maximum Gasteiger partial charge on any atom is 0.278 e. The minimum atomic E-state index is -0.187. The van der Waals surface area contributed by atoms with Gasteiger partial charge in [0, 0.05) is 12.2 Å². The van der Waals surface area contributed by atoms with Crippen LogP contribution in [0.15, 0.2) is 42.5 Å². The van der Waals surface area contributed by atoms with Crippen molar-refractivity contribution in [1.29, 1.82) is 0 Å². The maximum absolute atomic E-state index is 12.3. The molecule has 1 amide bonds. The SMILES string of the molecule is CCN(C(=O)c1ccc(Cl)nn1)c1ccccc1. The van der Waals surface area contributed by atoms with E-state index in [1.807, 2.05) is 37.3 Å². The van der Waals surface area contributed by atoms with E-state index >= 15 is 0 Å². The van der Waals surface area contributed by atoms with Gasteiger partial charge < -0.3 is 4.90 Å². The minimum Gasteiger partial charge on any atom is -0.307 e. The third-order valence-corrected chi connectivity index (χ3v) is 2.68. The number of rotatable bonds is 3. The average molecular weight is 262 g/mol. The molecule has 0 atom stereocenters. The first kappa shape index (κ1) is 12.5. The zero-order valence-corrected chi connectivity index (χ0v) is 10.6. The Morgan fingerprint density at radius 2 is 1.89 bits per heavy atom. The number of aromatic nitrogens is 2. The smallest absolute Gasteiger partial charge is 0.278 e. The highest BCUT2D eigenvalue weighted by Crippen LogP contribution is 2.15. The Bertz CT molecular complexity index is 528. The number of carbonyl (C=O) groups is 1. The quantitative estimate of drug-likeness (QED) is 0.854. The number of benzene rings is 1. The van der Waals surface area contributed by atoms with Crippen molar-refractivity contribution >= 4 is 23.2 Å². The summed E-state index contributed by atoms with van der Waals surface area (Å²) in [6, 6.07) is 12.6. The molecule has 5 heteroatoms. The van der Waals surface area contributed by atoms with Gasteiger partial charge in [0.2, 0.25) is 0 Å². The third-order valence-electron chi connectivity index (χ3n) is 2.48. The van der Waals surface area contributed by atoms with Gasteiger partial charge in [-0.25, -0.2) is 0 Å². The number of hydrogen-bond acceptors (Lipinski definition) is 3. The summed E-state index contributed by atoms with van der Waals surface area (Å²) in [5.41, 5.74) is 1.12. The van der Waals surface area contributed by atoms with Crippen molar-refractivity contribution in [2.24, 2.45) is 0 Å². The van der Waals surface area contributed by atoms with Crippen LogP contribution in [0.25, 0.3) is 0 Å². The first-order chi connectivity index (χ1) is 8.72. The molecule has 4 nitrogen and oxygen atoms in total. The van der Waals surface area contributed by atoms with E-state index < -0.39 is 0 Å². The zero-order chi connectivity index (χ0) is 13.0. The van der Waals surface area contributed by atoms with Crippen LogP contribution in [-0.2, 0) is 0 Å². The largest absolute Gasteiger partial charge is 0.307 e. The van der Waals surface area contributed by atoms with Crippen LogP contribution in [0.2, 0.25) is 5.15 Å². The highest BCUT2D eigenvalue weighted by molar-refractivity contribution is 6.29. The van der Waals surface area contributed by atoms with Gasteiger partial charge in [-0.1, -0.05) is 29.8 Å². The van der Waals surface area contributed by atoms with E-state index in [9.17, 15) is 4.79 Å². The Morgan fingerprint density at radius 1 is 1.17 bits per heavy atom. The standard InChI is InChI=1S/C13H12ClN3O/c1-2-17(10-6-4-3-5-7-10)13(18)11-8-9-12(14)16-15-11/h3-9H,2H2,1H3. The second-order valence-corrected chi connectivity index (χ2v) is 4.01. The number of anilines is 1. The summed E-state index contributed by atoms with van der Waals surface area (Å²) in [6.07, 6.45) is 0. The first-order valence-corrected chi connectivity index (χ1v) is 5.96. The van der Waals surface area contributed by atoms with E-state index in [4.69, 9.17) is 11.6 Å². The molecule has 2 rings (SSSR count). The lowest BCUT2D eigenvalue weighted by Gasteiger charge is -2.20. The Morgan fingerprint density at radius 3 is 2.44 bits per heavy atom. The molecule has 1 heterocycles. The Labute approximate surface area is 110 Å². The van der Waals surface area contributed by atoms with E-state index in [0.717, 1.165) is 5.69 Å². The van der Waals surface area contributed by atoms with Gasteiger partial charge in [0.15, 0.2) is 10.8 Å². The fourth-order valence-corrected chi connectivity index (χ4v) is 1.72. The van der Waals surface area contributed by atoms with Gasteiger partial charge in [-0.05, 0) is 31.2 Å². The van der Waals surface area contributed by atoms with Crippen molar-refractivity contribution < 1.29 is 4.79 Å². The van der Waals surface area contributed by atoms with Crippen molar-refractivity contribution in [3.8, 4) is 0 Å². The van der Waals surface area contributed by atoms with Gasteiger partial charge in [-0.3, -0.25) is 4.79 Å². The molecular weight excluding hydrogens is 250 g/mol. The molecule has 0 saturated carbocycles. The highest BCUT2D eigenvalue weighted by Gasteiger charge is 2.17. The van der Waals surface area contributed by atoms with Crippen molar-refractivity contribution in [2.75, 3.05) is 11.4 Å². The number of hydrogen-bond donors (Lipinski definition) is 0. The molecule has 1 aromatic carbocycles. The predicted octanol–water partition coefficient (Wildman–Crippen LogP) is 2.80. The molecule has 0 radical (unpaired) electrons. The van der Waals surface area contributed by atoms with Crippen molar-refractivity contribution in [1.82, 2.24) is 10.2 Å². The number of halogens is 1. The van der Waals surface area contributed by atoms with E-state index in [1.165, 1.54) is 0 Å². The van der Waals surface area contributed by atoms with Gasteiger partial charge in [-0.2, -0.15) is 0 Å². The molecule has 0 saturated heterocycles. The van der Waals surface area contributed by atoms with Gasteiger partial charge in [-0.15, -0.1) is 10.2 Å². The number of para-hydroxylation sites is 1. The van der Waals surface area contributed by atoms with E-state index in [2.05, 4.69) is 10.2 Å². The van der Waals surface area contributed by atoms with Crippen LogP contribution >= 0.6 is 11.6 Å². The first-order valence-electron chi connectivity index (χ1n) is 5.58. The number of carbonyl (C=O) groups excluding carboxylic acids is 1. The monoisotopic (exact) mass is 261 g/mol. The minimum absolute atomic E-state index is 0.187. The Balaban J connectivity index is 2.28. The molecule has 0 aliphatic carbocycles. The van der Waals surface area contributed by atoms with Gasteiger partial charge in [0.1, 0.15) is 0 Å². The summed E-state index contributed by atoms with van der Waals surface area (Å²) in [7, 11) is 0. The maximum atomic E-state index is 12.3. The zero-order valence-electron chi connectivity index (χ0n) is 9.88. The summed E-state index contributed by atoms with van der Waals surface area (Å²) >= 11 is 5.65. The summed E-state index contributed by atoms with van der Waals surface area (Å²) in [6.45, 7) is 2.47. The molecule has 2 aromatic rings. The fourth-order valence-electron chi connectivity index (χ4n) is 1.62. The second-order valence-electron chi connectivity index (χ2n) is 3.63. The molecule has 92 valence electrons. The van der Waals surface area contributed by atoms with E-state index in [1.54, 1.807) is 17.0 Å². The van der Waals surface area contributed by atoms with Gasteiger partial charge >= 0.3 is 0 Å². The van der Waals surface area contributed by atoms with Crippen LogP contribution in [-0.4, -0.2) is 22.6 Å². The van der Waals surface area contributed by atoms with Gasteiger partial charge in [0.25, 0.3) is 5.91 Å².